The van der Waals surface area contributed by atoms with E-state index in [0.717, 1.165) is 38.8 Å². The summed E-state index contributed by atoms with van der Waals surface area (Å²) in [7, 11) is -3.02. The van der Waals surface area contributed by atoms with Crippen molar-refractivity contribution in [2.45, 2.75) is 63.5 Å². The largest absolute Gasteiger partial charge is 0.351 e. The van der Waals surface area contributed by atoms with E-state index in [1.54, 1.807) is 0 Å². The Labute approximate surface area is 133 Å². The molecule has 2 atom stereocenters. The maximum Gasteiger partial charge on any atom is 0.220 e. The Bertz CT molecular complexity index is 494. The summed E-state index contributed by atoms with van der Waals surface area (Å²) in [6.45, 7) is 1.93. The molecule has 1 N–H and O–H groups in total. The third-order valence-corrected chi connectivity index (χ3v) is 7.19. The summed E-state index contributed by atoms with van der Waals surface area (Å²) in [5.74, 6) is 0.876. The Morgan fingerprint density at radius 2 is 1.68 bits per heavy atom. The van der Waals surface area contributed by atoms with E-state index < -0.39 is 9.84 Å². The highest BCUT2D eigenvalue weighted by atomic mass is 32.2. The van der Waals surface area contributed by atoms with Crippen molar-refractivity contribution < 1.29 is 13.2 Å². The molecule has 2 saturated heterocycles. The molecular formula is C16H28N2O3S. The Balaban J connectivity index is 1.57. The number of amides is 1. The zero-order chi connectivity index (χ0) is 15.6. The molecule has 2 aliphatic heterocycles. The molecule has 1 aliphatic carbocycles. The summed E-state index contributed by atoms with van der Waals surface area (Å²) in [4.78, 5) is 14.6. The van der Waals surface area contributed by atoms with Gasteiger partial charge in [0.15, 0.2) is 9.84 Å². The van der Waals surface area contributed by atoms with Crippen LogP contribution in [0.4, 0.5) is 0 Å². The number of sulfone groups is 1. The monoisotopic (exact) mass is 328 g/mol. The standard InChI is InChI=1S/C16H28N2O3S/c19-16(10-13-6-2-1-3-7-13)17-14-11-22(20,21)12-15(14)18-8-4-5-9-18/h13-15H,1-12H2,(H,17,19)/t14-,15+/m1/s1. The van der Waals surface area contributed by atoms with E-state index in [1.807, 2.05) is 0 Å². The molecule has 126 valence electrons. The molecule has 1 amide bonds. The Morgan fingerprint density at radius 3 is 2.36 bits per heavy atom. The minimum Gasteiger partial charge on any atom is -0.351 e. The molecule has 6 heteroatoms. The van der Waals surface area contributed by atoms with Crippen molar-refractivity contribution in [1.82, 2.24) is 10.2 Å². The van der Waals surface area contributed by atoms with E-state index in [0.29, 0.717) is 12.3 Å². The smallest absolute Gasteiger partial charge is 0.220 e. The number of hydrogen-bond donors (Lipinski definition) is 1. The molecule has 22 heavy (non-hydrogen) atoms. The fourth-order valence-electron chi connectivity index (χ4n) is 4.32. The molecule has 5 nitrogen and oxygen atoms in total. The van der Waals surface area contributed by atoms with Crippen LogP contribution in [0.2, 0.25) is 0 Å². The van der Waals surface area contributed by atoms with Crippen LogP contribution < -0.4 is 5.32 Å². The third kappa shape index (κ3) is 4.02. The van der Waals surface area contributed by atoms with E-state index in [4.69, 9.17) is 0 Å². The highest BCUT2D eigenvalue weighted by molar-refractivity contribution is 7.91. The second-order valence-corrected chi connectivity index (χ2v) is 9.42. The molecule has 0 radical (unpaired) electrons. The number of rotatable bonds is 4. The highest BCUT2D eigenvalue weighted by Gasteiger charge is 2.42. The van der Waals surface area contributed by atoms with E-state index in [1.165, 1.54) is 19.3 Å². The van der Waals surface area contributed by atoms with Gasteiger partial charge in [-0.2, -0.15) is 0 Å². The summed E-state index contributed by atoms with van der Waals surface area (Å²) in [6, 6.07) is -0.220. The normalized spacial score (nSPS) is 33.1. The first-order valence-electron chi connectivity index (χ1n) is 8.77. The summed E-state index contributed by atoms with van der Waals surface area (Å²) < 4.78 is 24.0. The van der Waals surface area contributed by atoms with E-state index >= 15 is 0 Å². The SMILES string of the molecule is O=C(CC1CCCCC1)N[C@@H]1CS(=O)(=O)C[C@@H]1N1CCCC1. The number of likely N-dealkylation sites (tertiary alicyclic amines) is 1. The molecule has 3 aliphatic rings. The molecule has 0 aromatic rings. The fourth-order valence-corrected chi connectivity index (χ4v) is 6.27. The van der Waals surface area contributed by atoms with Crippen molar-refractivity contribution in [3.05, 3.63) is 0 Å². The molecule has 0 aromatic heterocycles. The molecular weight excluding hydrogens is 300 g/mol. The number of hydrogen-bond acceptors (Lipinski definition) is 4. The van der Waals surface area contributed by atoms with Gasteiger partial charge in [0.2, 0.25) is 5.91 Å². The predicted octanol–water partition coefficient (Wildman–Crippen LogP) is 1.33. The summed E-state index contributed by atoms with van der Waals surface area (Å²) >= 11 is 0. The van der Waals surface area contributed by atoms with Gasteiger partial charge in [0, 0.05) is 12.5 Å². The Morgan fingerprint density at radius 1 is 1.00 bits per heavy atom. The fraction of sp³-hybridized carbons (Fsp3) is 0.938. The summed E-state index contributed by atoms with van der Waals surface area (Å²) in [6.07, 6.45) is 8.88. The second-order valence-electron chi connectivity index (χ2n) is 7.27. The lowest BCUT2D eigenvalue weighted by molar-refractivity contribution is -0.123. The lowest BCUT2D eigenvalue weighted by Crippen LogP contribution is -2.50. The van der Waals surface area contributed by atoms with Gasteiger partial charge in [0.25, 0.3) is 0 Å². The number of carbonyl (C=O) groups is 1. The van der Waals surface area contributed by atoms with Crippen LogP contribution in [0.25, 0.3) is 0 Å². The lowest BCUT2D eigenvalue weighted by atomic mass is 9.87. The average molecular weight is 328 g/mol. The Kier molecular flexibility index (Phi) is 5.07. The minimum atomic E-state index is -3.02. The van der Waals surface area contributed by atoms with Gasteiger partial charge < -0.3 is 5.32 Å². The van der Waals surface area contributed by atoms with Crippen LogP contribution in [-0.2, 0) is 14.6 Å². The lowest BCUT2D eigenvalue weighted by Gasteiger charge is -2.29. The van der Waals surface area contributed by atoms with Crippen LogP contribution in [0.15, 0.2) is 0 Å². The van der Waals surface area contributed by atoms with Crippen molar-refractivity contribution in [2.24, 2.45) is 5.92 Å². The van der Waals surface area contributed by atoms with Crippen LogP contribution in [0.1, 0.15) is 51.4 Å². The molecule has 0 spiro atoms. The zero-order valence-corrected chi connectivity index (χ0v) is 14.1. The van der Waals surface area contributed by atoms with Gasteiger partial charge in [-0.05, 0) is 44.7 Å². The van der Waals surface area contributed by atoms with Crippen LogP contribution in [0.3, 0.4) is 0 Å². The first-order chi connectivity index (χ1) is 10.5. The van der Waals surface area contributed by atoms with Crippen LogP contribution >= 0.6 is 0 Å². The first kappa shape index (κ1) is 16.2. The van der Waals surface area contributed by atoms with Crippen LogP contribution in [0, 0.1) is 5.92 Å². The average Bonchev–Trinajstić information content (AvgIpc) is 3.07. The van der Waals surface area contributed by atoms with Crippen molar-refractivity contribution in [2.75, 3.05) is 24.6 Å². The van der Waals surface area contributed by atoms with Gasteiger partial charge in [0.05, 0.1) is 17.5 Å². The van der Waals surface area contributed by atoms with Gasteiger partial charge in [-0.1, -0.05) is 19.3 Å². The quantitative estimate of drug-likeness (QED) is 0.845. The molecule has 0 bridgehead atoms. The Hall–Kier alpha value is -0.620. The molecule has 0 unspecified atom stereocenters. The van der Waals surface area contributed by atoms with Gasteiger partial charge in [-0.3, -0.25) is 9.69 Å². The molecule has 2 heterocycles. The van der Waals surface area contributed by atoms with Crippen molar-refractivity contribution in [1.29, 1.82) is 0 Å². The van der Waals surface area contributed by atoms with Gasteiger partial charge in [-0.25, -0.2) is 8.42 Å². The maximum absolute atomic E-state index is 12.3. The molecule has 3 rings (SSSR count). The zero-order valence-electron chi connectivity index (χ0n) is 13.3. The maximum atomic E-state index is 12.3. The topological polar surface area (TPSA) is 66.5 Å². The first-order valence-corrected chi connectivity index (χ1v) is 10.6. The molecule has 1 saturated carbocycles. The number of carbonyl (C=O) groups excluding carboxylic acids is 1. The third-order valence-electron chi connectivity index (χ3n) is 5.48. The van der Waals surface area contributed by atoms with E-state index in [2.05, 4.69) is 10.2 Å². The van der Waals surface area contributed by atoms with Crippen molar-refractivity contribution >= 4 is 15.7 Å². The molecule has 0 aromatic carbocycles. The van der Waals surface area contributed by atoms with E-state index in [9.17, 15) is 13.2 Å². The van der Waals surface area contributed by atoms with E-state index in [-0.39, 0.29) is 29.5 Å². The second kappa shape index (κ2) is 6.87. The number of nitrogens with zero attached hydrogens (tertiary/aromatic N) is 1. The minimum absolute atomic E-state index is 0.0113. The summed E-state index contributed by atoms with van der Waals surface area (Å²) in [5.41, 5.74) is 0. The highest BCUT2D eigenvalue weighted by Crippen LogP contribution is 2.27. The van der Waals surface area contributed by atoms with Crippen LogP contribution in [0.5, 0.6) is 0 Å². The van der Waals surface area contributed by atoms with Gasteiger partial charge in [-0.15, -0.1) is 0 Å². The summed E-state index contributed by atoms with van der Waals surface area (Å²) in [5, 5.41) is 3.05. The van der Waals surface area contributed by atoms with Gasteiger partial charge in [0.1, 0.15) is 0 Å². The van der Waals surface area contributed by atoms with Gasteiger partial charge >= 0.3 is 0 Å². The predicted molar refractivity (Wildman–Crippen MR) is 86.4 cm³/mol. The number of nitrogens with one attached hydrogen (secondary N) is 1. The van der Waals surface area contributed by atoms with Crippen LogP contribution in [-0.4, -0.2) is 55.9 Å². The van der Waals surface area contributed by atoms with Crippen molar-refractivity contribution in [3.8, 4) is 0 Å². The van der Waals surface area contributed by atoms with Crippen molar-refractivity contribution in [3.63, 3.8) is 0 Å². The molecule has 3 fully saturated rings.